The van der Waals surface area contributed by atoms with Crippen LogP contribution >= 0.6 is 11.6 Å². The van der Waals surface area contributed by atoms with Crippen LogP contribution < -0.4 is 5.73 Å². The van der Waals surface area contributed by atoms with Gasteiger partial charge in [-0.3, -0.25) is 0 Å². The molecule has 0 aromatic carbocycles. The number of hydrogen-bond donors (Lipinski definition) is 1. The summed E-state index contributed by atoms with van der Waals surface area (Å²) in [4.78, 5) is 0. The second-order valence-electron chi connectivity index (χ2n) is 2.30. The first kappa shape index (κ1) is 7.57. The van der Waals surface area contributed by atoms with Crippen LogP contribution in [0.4, 0.5) is 0 Å². The molecule has 4 heteroatoms. The van der Waals surface area contributed by atoms with Crippen molar-refractivity contribution in [1.29, 1.82) is 0 Å². The van der Waals surface area contributed by atoms with Crippen LogP contribution in [-0.4, -0.2) is 11.2 Å². The van der Waals surface area contributed by atoms with E-state index in [1.807, 2.05) is 6.92 Å². The van der Waals surface area contributed by atoms with E-state index in [9.17, 15) is 0 Å². The molecule has 1 rings (SSSR count). The van der Waals surface area contributed by atoms with E-state index in [1.165, 1.54) is 0 Å². The van der Waals surface area contributed by atoms with Crippen molar-refractivity contribution < 1.29 is 4.52 Å². The van der Waals surface area contributed by atoms with E-state index in [0.717, 1.165) is 5.69 Å². The maximum Gasteiger partial charge on any atom is 0.226 e. The largest absolute Gasteiger partial charge is 0.344 e. The third kappa shape index (κ3) is 2.01. The fourth-order valence-electron chi connectivity index (χ4n) is 0.712. The van der Waals surface area contributed by atoms with Crippen molar-refractivity contribution in [3.63, 3.8) is 0 Å². The lowest BCUT2D eigenvalue weighted by atomic mass is 10.2. The molecule has 0 fully saturated rings. The molecule has 0 spiro atoms. The third-order valence-corrected chi connectivity index (χ3v) is 1.24. The molecule has 1 atom stereocenters. The molecule has 56 valence electrons. The second kappa shape index (κ2) is 3.03. The van der Waals surface area contributed by atoms with Crippen LogP contribution in [0.25, 0.3) is 0 Å². The average Bonchev–Trinajstić information content (AvgIpc) is 2.13. The summed E-state index contributed by atoms with van der Waals surface area (Å²) in [5, 5.41) is 3.98. The van der Waals surface area contributed by atoms with Gasteiger partial charge in [-0.2, -0.15) is 0 Å². The van der Waals surface area contributed by atoms with Gasteiger partial charge in [0.15, 0.2) is 0 Å². The molecule has 0 saturated carbocycles. The van der Waals surface area contributed by atoms with E-state index in [0.29, 0.717) is 11.6 Å². The van der Waals surface area contributed by atoms with Crippen LogP contribution in [0.5, 0.6) is 0 Å². The van der Waals surface area contributed by atoms with Gasteiger partial charge in [0.1, 0.15) is 0 Å². The molecule has 0 saturated heterocycles. The lowest BCUT2D eigenvalue weighted by molar-refractivity contribution is 0.411. The second-order valence-corrected chi connectivity index (χ2v) is 2.68. The van der Waals surface area contributed by atoms with Gasteiger partial charge in [0, 0.05) is 18.5 Å². The molecule has 1 heterocycles. The fourth-order valence-corrected chi connectivity index (χ4v) is 0.872. The van der Waals surface area contributed by atoms with Crippen molar-refractivity contribution in [2.45, 2.75) is 19.4 Å². The van der Waals surface area contributed by atoms with Gasteiger partial charge in [0.25, 0.3) is 0 Å². The summed E-state index contributed by atoms with van der Waals surface area (Å²) >= 11 is 5.47. The quantitative estimate of drug-likeness (QED) is 0.708. The molecule has 0 aliphatic heterocycles. The summed E-state index contributed by atoms with van der Waals surface area (Å²) in [6.07, 6.45) is 0.705. The van der Waals surface area contributed by atoms with Crippen LogP contribution in [0.1, 0.15) is 12.6 Å². The Morgan fingerprint density at radius 1 is 1.90 bits per heavy atom. The minimum Gasteiger partial charge on any atom is -0.344 e. The smallest absolute Gasteiger partial charge is 0.226 e. The van der Waals surface area contributed by atoms with Gasteiger partial charge >= 0.3 is 0 Å². The fraction of sp³-hybridized carbons (Fsp3) is 0.500. The first-order valence-electron chi connectivity index (χ1n) is 3.05. The molecule has 1 unspecified atom stereocenters. The number of rotatable bonds is 2. The summed E-state index contributed by atoms with van der Waals surface area (Å²) < 4.78 is 4.63. The first-order chi connectivity index (χ1) is 4.68. The van der Waals surface area contributed by atoms with Gasteiger partial charge in [0.05, 0.1) is 5.69 Å². The van der Waals surface area contributed by atoms with Crippen molar-refractivity contribution in [1.82, 2.24) is 5.16 Å². The van der Waals surface area contributed by atoms with Crippen molar-refractivity contribution in [3.8, 4) is 0 Å². The zero-order chi connectivity index (χ0) is 7.56. The number of hydrogen-bond acceptors (Lipinski definition) is 3. The number of nitrogens with two attached hydrogens (primary N) is 1. The Morgan fingerprint density at radius 2 is 2.60 bits per heavy atom. The highest BCUT2D eigenvalue weighted by Gasteiger charge is 2.02. The Labute approximate surface area is 64.1 Å². The van der Waals surface area contributed by atoms with Crippen LogP contribution in [0.3, 0.4) is 0 Å². The van der Waals surface area contributed by atoms with Crippen LogP contribution in [-0.2, 0) is 6.42 Å². The SMILES string of the molecule is CC(N)Cc1cc(Cl)on1. The minimum atomic E-state index is 0.0983. The summed E-state index contributed by atoms with van der Waals surface area (Å²) in [6, 6.07) is 1.77. The van der Waals surface area contributed by atoms with Gasteiger partial charge < -0.3 is 10.3 Å². The summed E-state index contributed by atoms with van der Waals surface area (Å²) in [5.74, 6) is 0. The van der Waals surface area contributed by atoms with Crippen LogP contribution in [0.15, 0.2) is 10.6 Å². The molecule has 0 aliphatic rings. The van der Waals surface area contributed by atoms with Crippen LogP contribution in [0.2, 0.25) is 5.22 Å². The van der Waals surface area contributed by atoms with Gasteiger partial charge in [-0.25, -0.2) is 0 Å². The molecule has 1 aromatic heterocycles. The van der Waals surface area contributed by atoms with Crippen molar-refractivity contribution in [2.24, 2.45) is 5.73 Å². The molecule has 0 radical (unpaired) electrons. The maximum absolute atomic E-state index is 5.51. The molecular weight excluding hydrogens is 152 g/mol. The molecule has 10 heavy (non-hydrogen) atoms. The van der Waals surface area contributed by atoms with E-state index in [2.05, 4.69) is 9.68 Å². The molecule has 1 aromatic rings. The van der Waals surface area contributed by atoms with Crippen LogP contribution in [0, 0.1) is 0 Å². The van der Waals surface area contributed by atoms with E-state index >= 15 is 0 Å². The van der Waals surface area contributed by atoms with E-state index in [1.54, 1.807) is 6.07 Å². The van der Waals surface area contributed by atoms with Crippen molar-refractivity contribution >= 4 is 11.6 Å². The van der Waals surface area contributed by atoms with Gasteiger partial charge in [-0.15, -0.1) is 0 Å². The Hall–Kier alpha value is -0.540. The van der Waals surface area contributed by atoms with E-state index in [-0.39, 0.29) is 6.04 Å². The highest BCUT2D eigenvalue weighted by Crippen LogP contribution is 2.10. The van der Waals surface area contributed by atoms with E-state index < -0.39 is 0 Å². The Kier molecular flexibility index (Phi) is 2.29. The van der Waals surface area contributed by atoms with Gasteiger partial charge in [0.2, 0.25) is 5.22 Å². The summed E-state index contributed by atoms with van der Waals surface area (Å²) in [5.41, 5.74) is 6.31. The predicted molar refractivity (Wildman–Crippen MR) is 38.9 cm³/mol. The van der Waals surface area contributed by atoms with E-state index in [4.69, 9.17) is 17.3 Å². The summed E-state index contributed by atoms with van der Waals surface area (Å²) in [7, 11) is 0. The third-order valence-electron chi connectivity index (χ3n) is 1.06. The Balaban J connectivity index is 2.58. The standard InChI is InChI=1S/C6H9ClN2O/c1-4(8)2-5-3-6(7)10-9-5/h3-4H,2,8H2,1H3. The topological polar surface area (TPSA) is 52.0 Å². The Morgan fingerprint density at radius 3 is 3.00 bits per heavy atom. The average molecular weight is 161 g/mol. The van der Waals surface area contributed by atoms with Gasteiger partial charge in [-0.1, -0.05) is 5.16 Å². The molecule has 2 N–H and O–H groups in total. The number of nitrogens with zero attached hydrogens (tertiary/aromatic N) is 1. The lowest BCUT2D eigenvalue weighted by Gasteiger charge is -1.97. The van der Waals surface area contributed by atoms with Gasteiger partial charge in [-0.05, 0) is 18.5 Å². The highest BCUT2D eigenvalue weighted by molar-refractivity contribution is 6.28. The predicted octanol–water partition coefficient (Wildman–Crippen LogP) is 1.22. The zero-order valence-corrected chi connectivity index (χ0v) is 6.43. The first-order valence-corrected chi connectivity index (χ1v) is 3.43. The molecular formula is C6H9ClN2O. The summed E-state index contributed by atoms with van der Waals surface area (Å²) in [6.45, 7) is 1.91. The van der Waals surface area contributed by atoms with Crippen molar-refractivity contribution in [2.75, 3.05) is 0 Å². The maximum atomic E-state index is 5.51. The molecule has 3 nitrogen and oxygen atoms in total. The minimum absolute atomic E-state index is 0.0983. The molecule has 0 bridgehead atoms. The molecule has 0 aliphatic carbocycles. The normalized spacial score (nSPS) is 13.5. The lowest BCUT2D eigenvalue weighted by Crippen LogP contribution is -2.17. The highest BCUT2D eigenvalue weighted by atomic mass is 35.5. The molecule has 0 amide bonds. The number of halogens is 1. The van der Waals surface area contributed by atoms with Crippen molar-refractivity contribution in [3.05, 3.63) is 17.0 Å². The zero-order valence-electron chi connectivity index (χ0n) is 5.67. The number of aromatic nitrogens is 1. The monoisotopic (exact) mass is 160 g/mol. The Bertz CT molecular complexity index is 209.